The predicted octanol–water partition coefficient (Wildman–Crippen LogP) is 12.7. The minimum Gasteiger partial charge on any atom is -0.756 e. The molecule has 0 rings (SSSR count). The maximum Gasteiger partial charge on any atom is 0.268 e. The van der Waals surface area contributed by atoms with Crippen molar-refractivity contribution >= 4 is 13.7 Å². The average molecular weight is 813 g/mol. The number of carbonyl (C=O) groups excluding carboxylic acids is 1. The quantitative estimate of drug-likeness (QED) is 0.0275. The number of amides is 1. The van der Waals surface area contributed by atoms with Gasteiger partial charge < -0.3 is 28.8 Å². The van der Waals surface area contributed by atoms with Crippen LogP contribution in [-0.4, -0.2) is 68.5 Å². The number of nitrogens with one attached hydrogen (secondary N) is 1. The fourth-order valence-electron chi connectivity index (χ4n) is 6.85. The first-order valence-electron chi connectivity index (χ1n) is 23.7. The Morgan fingerprint density at radius 2 is 0.982 bits per heavy atom. The van der Waals surface area contributed by atoms with E-state index in [9.17, 15) is 19.4 Å². The predicted molar refractivity (Wildman–Crippen MR) is 238 cm³/mol. The van der Waals surface area contributed by atoms with E-state index in [1.807, 2.05) is 27.2 Å². The second-order valence-corrected chi connectivity index (χ2v) is 18.9. The van der Waals surface area contributed by atoms with Crippen LogP contribution >= 0.6 is 7.82 Å². The molecule has 332 valence electrons. The molecule has 0 heterocycles. The van der Waals surface area contributed by atoms with E-state index < -0.39 is 20.0 Å². The Kier molecular flexibility index (Phi) is 38.7. The zero-order chi connectivity index (χ0) is 41.4. The number of hydrogen-bond donors (Lipinski definition) is 2. The number of hydrogen-bond acceptors (Lipinski definition) is 6. The molecular weight excluding hydrogens is 719 g/mol. The summed E-state index contributed by atoms with van der Waals surface area (Å²) in [6.45, 7) is 4.64. The number of likely N-dealkylation sites (N-methyl/N-ethyl adjacent to an activating group) is 1. The van der Waals surface area contributed by atoms with Gasteiger partial charge in [0.25, 0.3) is 7.82 Å². The molecule has 3 atom stereocenters. The van der Waals surface area contributed by atoms with Crippen molar-refractivity contribution in [1.82, 2.24) is 5.32 Å². The van der Waals surface area contributed by atoms with Crippen LogP contribution in [0, 0.1) is 0 Å². The van der Waals surface area contributed by atoms with E-state index in [1.54, 1.807) is 6.08 Å². The number of unbranched alkanes of at least 4 members (excludes halogenated alkanes) is 28. The maximum absolute atomic E-state index is 12.9. The third kappa shape index (κ3) is 41.2. The lowest BCUT2D eigenvalue weighted by molar-refractivity contribution is -0.870. The second-order valence-electron chi connectivity index (χ2n) is 17.5. The van der Waals surface area contributed by atoms with Crippen molar-refractivity contribution in [3.63, 3.8) is 0 Å². The lowest BCUT2D eigenvalue weighted by Crippen LogP contribution is -2.45. The molecule has 0 aromatic heterocycles. The van der Waals surface area contributed by atoms with Crippen molar-refractivity contribution in [2.24, 2.45) is 0 Å². The number of phosphoric acid groups is 1. The van der Waals surface area contributed by atoms with Gasteiger partial charge in [0.1, 0.15) is 13.2 Å². The van der Waals surface area contributed by atoms with Gasteiger partial charge in [0.15, 0.2) is 0 Å². The highest BCUT2D eigenvalue weighted by Gasteiger charge is 2.23. The summed E-state index contributed by atoms with van der Waals surface area (Å²) < 4.78 is 23.2. The van der Waals surface area contributed by atoms with Crippen LogP contribution in [0.25, 0.3) is 0 Å². The minimum atomic E-state index is -4.58. The molecule has 0 aromatic carbocycles. The zero-order valence-corrected chi connectivity index (χ0v) is 38.5. The molecule has 9 heteroatoms. The van der Waals surface area contributed by atoms with Crippen LogP contribution in [0.4, 0.5) is 0 Å². The van der Waals surface area contributed by atoms with Crippen LogP contribution in [0.5, 0.6) is 0 Å². The molecule has 0 aliphatic carbocycles. The second kappa shape index (κ2) is 39.4. The van der Waals surface area contributed by atoms with Crippen molar-refractivity contribution in [2.45, 2.75) is 231 Å². The number of aliphatic hydroxyl groups excluding tert-OH is 1. The summed E-state index contributed by atoms with van der Waals surface area (Å²) in [5.74, 6) is -0.202. The lowest BCUT2D eigenvalue weighted by Gasteiger charge is -2.29. The molecule has 0 radical (unpaired) electrons. The summed E-state index contributed by atoms with van der Waals surface area (Å²) in [6, 6.07) is -0.885. The van der Waals surface area contributed by atoms with E-state index in [4.69, 9.17) is 9.05 Å². The van der Waals surface area contributed by atoms with E-state index >= 15 is 0 Å². The van der Waals surface area contributed by atoms with E-state index in [0.29, 0.717) is 17.4 Å². The fraction of sp³-hybridized carbons (Fsp3) is 0.894. The normalized spacial score (nSPS) is 14.5. The highest BCUT2D eigenvalue weighted by Crippen LogP contribution is 2.38. The van der Waals surface area contributed by atoms with Crippen molar-refractivity contribution < 1.29 is 32.9 Å². The largest absolute Gasteiger partial charge is 0.756 e. The molecule has 0 saturated heterocycles. The molecule has 0 spiro atoms. The van der Waals surface area contributed by atoms with E-state index in [1.165, 1.54) is 161 Å². The standard InChI is InChI=1S/C47H93N2O6P/c1-6-8-10-12-14-16-18-19-20-21-22-23-24-25-26-27-28-29-31-33-35-37-39-41-47(51)48-45(44-55-56(52,53)54-43-42-49(3,4)5)46(50)40-38-36-34-32-30-17-15-13-11-9-7-2/h25-26,38,40,45-46,50H,6-24,27-37,39,41-44H2,1-5H3,(H-,48,51,52,53)/b26-25-,40-38+. The average Bonchev–Trinajstić information content (AvgIpc) is 3.15. The number of quaternary nitrogens is 1. The minimum absolute atomic E-state index is 0.000907. The topological polar surface area (TPSA) is 108 Å². The third-order valence-electron chi connectivity index (χ3n) is 10.7. The van der Waals surface area contributed by atoms with Crippen LogP contribution in [0.3, 0.4) is 0 Å². The number of rotatable bonds is 43. The molecule has 0 fully saturated rings. The lowest BCUT2D eigenvalue weighted by atomic mass is 10.0. The summed E-state index contributed by atoms with van der Waals surface area (Å²) in [4.78, 5) is 25.3. The molecule has 3 unspecified atom stereocenters. The smallest absolute Gasteiger partial charge is 0.268 e. The van der Waals surface area contributed by atoms with Gasteiger partial charge in [-0.1, -0.05) is 192 Å². The van der Waals surface area contributed by atoms with Crippen LogP contribution in [0.2, 0.25) is 0 Å². The third-order valence-corrected chi connectivity index (χ3v) is 11.6. The molecule has 0 saturated carbocycles. The summed E-state index contributed by atoms with van der Waals surface area (Å²) in [5.41, 5.74) is 0. The summed E-state index contributed by atoms with van der Waals surface area (Å²) in [7, 11) is 1.26. The van der Waals surface area contributed by atoms with Gasteiger partial charge in [0.2, 0.25) is 5.91 Å². The van der Waals surface area contributed by atoms with Crippen LogP contribution < -0.4 is 10.2 Å². The highest BCUT2D eigenvalue weighted by molar-refractivity contribution is 7.45. The van der Waals surface area contributed by atoms with Gasteiger partial charge in [0, 0.05) is 6.42 Å². The molecule has 56 heavy (non-hydrogen) atoms. The van der Waals surface area contributed by atoms with E-state index in [-0.39, 0.29) is 19.1 Å². The molecule has 8 nitrogen and oxygen atoms in total. The SMILES string of the molecule is CCCCCCCCCCC/C=C/C(O)C(COP(=O)([O-])OCC[N+](C)(C)C)NC(=O)CCCCCCCCC/C=C\CCCCCCCCCCCCCC. The Morgan fingerprint density at radius 1 is 0.607 bits per heavy atom. The van der Waals surface area contributed by atoms with Gasteiger partial charge in [-0.2, -0.15) is 0 Å². The zero-order valence-electron chi connectivity index (χ0n) is 37.6. The molecular formula is C47H93N2O6P. The molecule has 0 bridgehead atoms. The molecule has 0 aliphatic heterocycles. The fourth-order valence-corrected chi connectivity index (χ4v) is 7.58. The molecule has 2 N–H and O–H groups in total. The van der Waals surface area contributed by atoms with Gasteiger partial charge in [-0.15, -0.1) is 0 Å². The first kappa shape index (κ1) is 55.0. The number of aliphatic hydroxyl groups is 1. The Hall–Kier alpha value is -1.02. The Labute approximate surface area is 347 Å². The van der Waals surface area contributed by atoms with Gasteiger partial charge in [-0.25, -0.2) is 0 Å². The first-order valence-corrected chi connectivity index (χ1v) is 25.2. The van der Waals surface area contributed by atoms with Crippen molar-refractivity contribution in [3.8, 4) is 0 Å². The van der Waals surface area contributed by atoms with Crippen LogP contribution in [-0.2, 0) is 18.4 Å². The van der Waals surface area contributed by atoms with Gasteiger partial charge in [0.05, 0.1) is 39.9 Å². The summed E-state index contributed by atoms with van der Waals surface area (Å²) in [5, 5.41) is 13.8. The van der Waals surface area contributed by atoms with Crippen LogP contribution in [0.15, 0.2) is 24.3 Å². The Morgan fingerprint density at radius 3 is 1.39 bits per heavy atom. The monoisotopic (exact) mass is 813 g/mol. The number of phosphoric ester groups is 1. The Balaban J connectivity index is 4.24. The first-order chi connectivity index (χ1) is 27.0. The molecule has 0 aromatic rings. The summed E-state index contributed by atoms with van der Waals surface area (Å²) >= 11 is 0. The van der Waals surface area contributed by atoms with E-state index in [0.717, 1.165) is 38.5 Å². The maximum atomic E-state index is 12.9. The van der Waals surface area contributed by atoms with Gasteiger partial charge in [-0.3, -0.25) is 9.36 Å². The molecule has 0 aliphatic rings. The van der Waals surface area contributed by atoms with Crippen molar-refractivity contribution in [3.05, 3.63) is 24.3 Å². The van der Waals surface area contributed by atoms with Gasteiger partial charge in [-0.05, 0) is 44.9 Å². The van der Waals surface area contributed by atoms with E-state index in [2.05, 4.69) is 31.3 Å². The van der Waals surface area contributed by atoms with Crippen molar-refractivity contribution in [2.75, 3.05) is 40.9 Å². The highest BCUT2D eigenvalue weighted by atomic mass is 31.2. The summed E-state index contributed by atoms with van der Waals surface area (Å²) in [6.07, 6.45) is 46.6. The Bertz CT molecular complexity index is 969. The number of nitrogens with zero attached hydrogens (tertiary/aromatic N) is 1. The molecule has 1 amide bonds. The number of allylic oxidation sites excluding steroid dienone is 3. The van der Waals surface area contributed by atoms with Gasteiger partial charge >= 0.3 is 0 Å². The van der Waals surface area contributed by atoms with Crippen LogP contribution in [0.1, 0.15) is 219 Å². The number of carbonyl (C=O) groups is 1. The van der Waals surface area contributed by atoms with Crippen molar-refractivity contribution in [1.29, 1.82) is 0 Å².